The number of hydrogen-bond acceptors (Lipinski definition) is 6. The zero-order valence-corrected chi connectivity index (χ0v) is 16.1. The minimum Gasteiger partial charge on any atom is -0.468 e. The van der Waals surface area contributed by atoms with Crippen LogP contribution in [0.3, 0.4) is 0 Å². The zero-order valence-electron chi connectivity index (χ0n) is 14.6. The number of ether oxygens (including phenoxy) is 2. The maximum atomic E-state index is 12.6. The van der Waals surface area contributed by atoms with E-state index in [0.717, 1.165) is 0 Å². The number of halogens is 2. The molecule has 0 spiro atoms. The van der Waals surface area contributed by atoms with Gasteiger partial charge in [0.1, 0.15) is 18.2 Å². The SMILES string of the molecule is CCOC(=O)C1C(C=O)N=C(C)C(C(=O)OC)C1c1cccc(Cl)c1Cl. The molecule has 0 saturated heterocycles. The number of rotatable bonds is 5. The number of esters is 2. The van der Waals surface area contributed by atoms with Crippen LogP contribution in [0.5, 0.6) is 0 Å². The summed E-state index contributed by atoms with van der Waals surface area (Å²) in [6.45, 7) is 3.40. The Labute approximate surface area is 161 Å². The maximum absolute atomic E-state index is 12.6. The molecule has 2 rings (SSSR count). The average molecular weight is 400 g/mol. The molecule has 1 heterocycles. The molecule has 0 radical (unpaired) electrons. The smallest absolute Gasteiger partial charge is 0.315 e. The number of nitrogens with zero attached hydrogens (tertiary/aromatic N) is 1. The summed E-state index contributed by atoms with van der Waals surface area (Å²) in [4.78, 5) is 40.9. The first-order chi connectivity index (χ1) is 12.4. The van der Waals surface area contributed by atoms with Crippen molar-refractivity contribution in [3.8, 4) is 0 Å². The number of aliphatic imine (C=N–C) groups is 1. The van der Waals surface area contributed by atoms with Gasteiger partial charge in [-0.05, 0) is 25.5 Å². The second-order valence-corrected chi connectivity index (χ2v) is 6.63. The third kappa shape index (κ3) is 3.76. The van der Waals surface area contributed by atoms with Crippen molar-refractivity contribution in [2.75, 3.05) is 13.7 Å². The summed E-state index contributed by atoms with van der Waals surface area (Å²) >= 11 is 12.5. The predicted molar refractivity (Wildman–Crippen MR) is 97.8 cm³/mol. The molecule has 26 heavy (non-hydrogen) atoms. The Bertz CT molecular complexity index is 749. The van der Waals surface area contributed by atoms with Gasteiger partial charge < -0.3 is 14.3 Å². The van der Waals surface area contributed by atoms with E-state index in [0.29, 0.717) is 17.6 Å². The first kappa shape index (κ1) is 20.4. The van der Waals surface area contributed by atoms with Gasteiger partial charge in [-0.15, -0.1) is 0 Å². The summed E-state index contributed by atoms with van der Waals surface area (Å²) in [5.74, 6) is -3.90. The number of methoxy groups -OCH3 is 1. The molecule has 6 nitrogen and oxygen atoms in total. The summed E-state index contributed by atoms with van der Waals surface area (Å²) in [6.07, 6.45) is 0.573. The van der Waals surface area contributed by atoms with Crippen LogP contribution in [0.2, 0.25) is 10.0 Å². The zero-order chi connectivity index (χ0) is 19.4. The highest BCUT2D eigenvalue weighted by atomic mass is 35.5. The standard InChI is InChI=1S/C18H19Cl2NO5/c1-4-26-18(24)15-12(8-22)21-9(2)13(17(23)25-3)14(15)10-6-5-7-11(19)16(10)20/h5-8,12-15H,4H2,1-3H3. The van der Waals surface area contributed by atoms with E-state index in [9.17, 15) is 14.4 Å². The third-order valence-electron chi connectivity index (χ3n) is 4.41. The number of hydrogen-bond donors (Lipinski definition) is 0. The van der Waals surface area contributed by atoms with Gasteiger partial charge >= 0.3 is 11.9 Å². The molecular formula is C18H19Cl2NO5. The summed E-state index contributed by atoms with van der Waals surface area (Å²) < 4.78 is 10.0. The van der Waals surface area contributed by atoms with Crippen LogP contribution in [-0.2, 0) is 23.9 Å². The molecule has 1 aliphatic heterocycles. The van der Waals surface area contributed by atoms with Crippen molar-refractivity contribution >= 4 is 47.1 Å². The molecule has 1 aromatic rings. The van der Waals surface area contributed by atoms with Crippen molar-refractivity contribution in [1.82, 2.24) is 0 Å². The fourth-order valence-electron chi connectivity index (χ4n) is 3.31. The van der Waals surface area contributed by atoms with Gasteiger partial charge in [0.2, 0.25) is 0 Å². The Kier molecular flexibility index (Phi) is 6.78. The van der Waals surface area contributed by atoms with E-state index in [1.807, 2.05) is 0 Å². The van der Waals surface area contributed by atoms with Gasteiger partial charge in [0.15, 0.2) is 0 Å². The minimum atomic E-state index is -1.02. The van der Waals surface area contributed by atoms with Crippen molar-refractivity contribution in [2.45, 2.75) is 25.8 Å². The van der Waals surface area contributed by atoms with Crippen molar-refractivity contribution < 1.29 is 23.9 Å². The van der Waals surface area contributed by atoms with Crippen LogP contribution in [0.15, 0.2) is 23.2 Å². The molecule has 0 saturated carbocycles. The predicted octanol–water partition coefficient (Wildman–Crippen LogP) is 3.09. The van der Waals surface area contributed by atoms with Crippen LogP contribution in [-0.4, -0.2) is 43.7 Å². The van der Waals surface area contributed by atoms with Gasteiger partial charge in [0.25, 0.3) is 0 Å². The number of benzene rings is 1. The average Bonchev–Trinajstić information content (AvgIpc) is 2.62. The van der Waals surface area contributed by atoms with Gasteiger partial charge in [-0.25, -0.2) is 0 Å². The molecule has 0 fully saturated rings. The van der Waals surface area contributed by atoms with Gasteiger partial charge in [-0.1, -0.05) is 35.3 Å². The normalized spacial score (nSPS) is 25.2. The second-order valence-electron chi connectivity index (χ2n) is 5.84. The first-order valence-electron chi connectivity index (χ1n) is 8.05. The first-order valence-corrected chi connectivity index (χ1v) is 8.80. The Morgan fingerprint density at radius 2 is 1.96 bits per heavy atom. The van der Waals surface area contributed by atoms with Crippen molar-refractivity contribution in [1.29, 1.82) is 0 Å². The van der Waals surface area contributed by atoms with E-state index in [1.165, 1.54) is 7.11 Å². The molecule has 1 aromatic carbocycles. The highest BCUT2D eigenvalue weighted by molar-refractivity contribution is 6.42. The highest BCUT2D eigenvalue weighted by Crippen LogP contribution is 2.44. The minimum absolute atomic E-state index is 0.127. The molecule has 0 aliphatic carbocycles. The Balaban J connectivity index is 2.71. The highest BCUT2D eigenvalue weighted by Gasteiger charge is 2.49. The lowest BCUT2D eigenvalue weighted by molar-refractivity contribution is -0.153. The number of carbonyl (C=O) groups excluding carboxylic acids is 3. The molecule has 0 bridgehead atoms. The molecular weight excluding hydrogens is 381 g/mol. The Morgan fingerprint density at radius 3 is 2.54 bits per heavy atom. The van der Waals surface area contributed by atoms with Crippen molar-refractivity contribution in [3.05, 3.63) is 33.8 Å². The molecule has 140 valence electrons. The maximum Gasteiger partial charge on any atom is 0.315 e. The second kappa shape index (κ2) is 8.64. The topological polar surface area (TPSA) is 82.0 Å². The van der Waals surface area contributed by atoms with E-state index in [-0.39, 0.29) is 16.7 Å². The largest absolute Gasteiger partial charge is 0.468 e. The monoisotopic (exact) mass is 399 g/mol. The lowest BCUT2D eigenvalue weighted by Crippen LogP contribution is -2.47. The molecule has 0 N–H and O–H groups in total. The molecule has 4 atom stereocenters. The third-order valence-corrected chi connectivity index (χ3v) is 5.24. The van der Waals surface area contributed by atoms with Crippen LogP contribution in [0.1, 0.15) is 25.3 Å². The van der Waals surface area contributed by atoms with Gasteiger partial charge in [-0.2, -0.15) is 0 Å². The van der Waals surface area contributed by atoms with Crippen molar-refractivity contribution in [3.63, 3.8) is 0 Å². The van der Waals surface area contributed by atoms with E-state index < -0.39 is 35.7 Å². The van der Waals surface area contributed by atoms with Crippen LogP contribution < -0.4 is 0 Å². The molecule has 8 heteroatoms. The Hall–Kier alpha value is -1.92. The van der Waals surface area contributed by atoms with E-state index >= 15 is 0 Å². The van der Waals surface area contributed by atoms with Gasteiger partial charge in [0, 0.05) is 11.6 Å². The number of aldehydes is 1. The van der Waals surface area contributed by atoms with Crippen LogP contribution in [0.4, 0.5) is 0 Å². The number of carbonyl (C=O) groups is 3. The van der Waals surface area contributed by atoms with Gasteiger partial charge in [-0.3, -0.25) is 14.6 Å². The molecule has 4 unspecified atom stereocenters. The summed E-state index contributed by atoms with van der Waals surface area (Å²) in [5, 5.41) is 0.486. The van der Waals surface area contributed by atoms with E-state index in [1.54, 1.807) is 32.0 Å². The lowest BCUT2D eigenvalue weighted by atomic mass is 9.70. The van der Waals surface area contributed by atoms with Crippen LogP contribution >= 0.6 is 23.2 Å². The summed E-state index contributed by atoms with van der Waals surface area (Å²) in [5.41, 5.74) is 0.851. The quantitative estimate of drug-likeness (QED) is 0.561. The van der Waals surface area contributed by atoms with Crippen molar-refractivity contribution in [2.24, 2.45) is 16.8 Å². The summed E-state index contributed by atoms with van der Waals surface area (Å²) in [7, 11) is 1.25. The fourth-order valence-corrected chi connectivity index (χ4v) is 3.74. The van der Waals surface area contributed by atoms with E-state index in [4.69, 9.17) is 32.7 Å². The Morgan fingerprint density at radius 1 is 1.27 bits per heavy atom. The summed E-state index contributed by atoms with van der Waals surface area (Å²) in [6, 6.07) is 3.94. The van der Waals surface area contributed by atoms with Crippen LogP contribution in [0.25, 0.3) is 0 Å². The molecule has 0 aromatic heterocycles. The molecule has 0 amide bonds. The van der Waals surface area contributed by atoms with Gasteiger partial charge in [0.05, 0.1) is 29.7 Å². The lowest BCUT2D eigenvalue weighted by Gasteiger charge is -2.37. The fraction of sp³-hybridized carbons (Fsp3) is 0.444. The molecule has 1 aliphatic rings. The van der Waals surface area contributed by atoms with Crippen LogP contribution in [0, 0.1) is 11.8 Å². The van der Waals surface area contributed by atoms with E-state index in [2.05, 4.69) is 4.99 Å².